The van der Waals surface area contributed by atoms with Crippen LogP contribution in [0.5, 0.6) is 0 Å². The van der Waals surface area contributed by atoms with Crippen molar-refractivity contribution in [1.82, 2.24) is 14.8 Å². The molecule has 1 amide bonds. The van der Waals surface area contributed by atoms with Gasteiger partial charge in [0.1, 0.15) is 5.15 Å². The third-order valence-corrected chi connectivity index (χ3v) is 3.40. The molecule has 1 aliphatic rings. The number of nitrogens with zero attached hydrogens (tertiary/aromatic N) is 3. The highest BCUT2D eigenvalue weighted by molar-refractivity contribution is 6.29. The average Bonchev–Trinajstić information content (AvgIpc) is 2.37. The normalized spacial score (nSPS) is 21.1. The Bertz CT molecular complexity index is 440. The van der Waals surface area contributed by atoms with E-state index in [0.29, 0.717) is 23.8 Å². The van der Waals surface area contributed by atoms with E-state index in [0.717, 1.165) is 13.1 Å². The van der Waals surface area contributed by atoms with Crippen LogP contribution in [0.25, 0.3) is 0 Å². The van der Waals surface area contributed by atoms with E-state index in [1.807, 2.05) is 11.9 Å². The quantitative estimate of drug-likeness (QED) is 0.791. The summed E-state index contributed by atoms with van der Waals surface area (Å²) in [7, 11) is 2.04. The molecule has 0 aromatic carbocycles. The lowest BCUT2D eigenvalue weighted by Gasteiger charge is -2.39. The molecule has 0 spiro atoms. The maximum absolute atomic E-state index is 12.4. The van der Waals surface area contributed by atoms with Gasteiger partial charge in [0.15, 0.2) is 0 Å². The van der Waals surface area contributed by atoms with Crippen LogP contribution in [0.2, 0.25) is 5.15 Å². The molecule has 1 fully saturated rings. The molecule has 0 saturated carbocycles. The van der Waals surface area contributed by atoms with Gasteiger partial charge in [0, 0.05) is 37.9 Å². The molecule has 0 aliphatic carbocycles. The fourth-order valence-electron chi connectivity index (χ4n) is 2.18. The zero-order valence-electron chi connectivity index (χ0n) is 10.3. The Morgan fingerprint density at radius 1 is 1.61 bits per heavy atom. The van der Waals surface area contributed by atoms with Crippen LogP contribution in [0.1, 0.15) is 10.4 Å². The molecule has 2 rings (SSSR count). The molecule has 0 bridgehead atoms. The molecule has 1 aromatic heterocycles. The van der Waals surface area contributed by atoms with Gasteiger partial charge in [-0.2, -0.15) is 0 Å². The summed E-state index contributed by atoms with van der Waals surface area (Å²) in [6.07, 6.45) is 1.54. The highest BCUT2D eigenvalue weighted by Crippen LogP contribution is 2.14. The number of nitrogens with two attached hydrogens (primary N) is 1. The van der Waals surface area contributed by atoms with Gasteiger partial charge < -0.3 is 15.5 Å². The lowest BCUT2D eigenvalue weighted by atomic mass is 10.1. The Morgan fingerprint density at radius 3 is 3.06 bits per heavy atom. The van der Waals surface area contributed by atoms with E-state index in [4.69, 9.17) is 17.3 Å². The van der Waals surface area contributed by atoms with Crippen LogP contribution in [0, 0.1) is 0 Å². The monoisotopic (exact) mass is 268 g/mol. The molecule has 0 unspecified atom stereocenters. The number of halogens is 1. The van der Waals surface area contributed by atoms with Gasteiger partial charge in [0.05, 0.1) is 6.04 Å². The number of carbonyl (C=O) groups is 1. The summed E-state index contributed by atoms with van der Waals surface area (Å²) in [5.74, 6) is -0.0251. The summed E-state index contributed by atoms with van der Waals surface area (Å²) in [5, 5.41) is 0.333. The number of rotatable bonds is 2. The van der Waals surface area contributed by atoms with Crippen molar-refractivity contribution in [1.29, 1.82) is 0 Å². The number of hydrogen-bond donors (Lipinski definition) is 1. The highest BCUT2D eigenvalue weighted by atomic mass is 35.5. The van der Waals surface area contributed by atoms with Crippen molar-refractivity contribution < 1.29 is 4.79 Å². The highest BCUT2D eigenvalue weighted by Gasteiger charge is 2.28. The van der Waals surface area contributed by atoms with Gasteiger partial charge in [-0.25, -0.2) is 4.98 Å². The second-order valence-electron chi connectivity index (χ2n) is 4.52. The number of aromatic nitrogens is 1. The van der Waals surface area contributed by atoms with Gasteiger partial charge in [-0.3, -0.25) is 4.79 Å². The van der Waals surface area contributed by atoms with Crippen molar-refractivity contribution in [2.45, 2.75) is 6.04 Å². The molecule has 18 heavy (non-hydrogen) atoms. The van der Waals surface area contributed by atoms with Gasteiger partial charge >= 0.3 is 0 Å². The van der Waals surface area contributed by atoms with Crippen LogP contribution in [-0.4, -0.2) is 60.0 Å². The molecule has 2 heterocycles. The lowest BCUT2D eigenvalue weighted by molar-refractivity contribution is 0.0516. The zero-order valence-corrected chi connectivity index (χ0v) is 11.1. The van der Waals surface area contributed by atoms with Crippen molar-refractivity contribution in [3.63, 3.8) is 0 Å². The number of likely N-dealkylation sites (N-methyl/N-ethyl adjacent to an activating group) is 1. The third kappa shape index (κ3) is 2.80. The molecular formula is C12H17ClN4O. The third-order valence-electron chi connectivity index (χ3n) is 3.19. The van der Waals surface area contributed by atoms with E-state index in [-0.39, 0.29) is 11.9 Å². The minimum Gasteiger partial charge on any atom is -0.332 e. The van der Waals surface area contributed by atoms with Gasteiger partial charge in [-0.1, -0.05) is 11.6 Å². The molecule has 1 aromatic rings. The van der Waals surface area contributed by atoms with E-state index >= 15 is 0 Å². The SMILES string of the molecule is CN1CCN(C(=O)c2ccnc(Cl)c2)[C@@H](CN)C1. The molecule has 5 nitrogen and oxygen atoms in total. The van der Waals surface area contributed by atoms with Gasteiger partial charge in [-0.15, -0.1) is 0 Å². The molecule has 0 radical (unpaired) electrons. The average molecular weight is 269 g/mol. The fourth-order valence-corrected chi connectivity index (χ4v) is 2.35. The molecule has 1 saturated heterocycles. The second-order valence-corrected chi connectivity index (χ2v) is 4.90. The van der Waals surface area contributed by atoms with Crippen molar-refractivity contribution in [2.75, 3.05) is 33.2 Å². The lowest BCUT2D eigenvalue weighted by Crippen LogP contribution is -2.56. The van der Waals surface area contributed by atoms with E-state index < -0.39 is 0 Å². The second kappa shape index (κ2) is 5.65. The van der Waals surface area contributed by atoms with E-state index in [1.54, 1.807) is 18.3 Å². The smallest absolute Gasteiger partial charge is 0.254 e. The van der Waals surface area contributed by atoms with E-state index in [9.17, 15) is 4.79 Å². The Kier molecular flexibility index (Phi) is 4.16. The number of amides is 1. The predicted molar refractivity (Wildman–Crippen MR) is 70.6 cm³/mol. The van der Waals surface area contributed by atoms with Crippen molar-refractivity contribution in [2.24, 2.45) is 5.73 Å². The van der Waals surface area contributed by atoms with Crippen LogP contribution < -0.4 is 5.73 Å². The fraction of sp³-hybridized carbons (Fsp3) is 0.500. The van der Waals surface area contributed by atoms with Crippen molar-refractivity contribution in [3.05, 3.63) is 29.0 Å². The Balaban J connectivity index is 2.17. The standard InChI is InChI=1S/C12H17ClN4O/c1-16-4-5-17(10(7-14)8-16)12(18)9-2-3-15-11(13)6-9/h2-3,6,10H,4-5,7-8,14H2,1H3/t10-/m0/s1. The van der Waals surface area contributed by atoms with Crippen LogP contribution >= 0.6 is 11.6 Å². The topological polar surface area (TPSA) is 62.5 Å². The summed E-state index contributed by atoms with van der Waals surface area (Å²) >= 11 is 5.81. The number of piperazine rings is 1. The number of pyridine rings is 1. The minimum absolute atomic E-state index is 0.0251. The molecular weight excluding hydrogens is 252 g/mol. The first-order valence-corrected chi connectivity index (χ1v) is 6.30. The maximum Gasteiger partial charge on any atom is 0.254 e. The van der Waals surface area contributed by atoms with E-state index in [1.165, 1.54) is 0 Å². The number of carbonyl (C=O) groups excluding carboxylic acids is 1. The summed E-state index contributed by atoms with van der Waals surface area (Å²) in [4.78, 5) is 20.3. The first-order chi connectivity index (χ1) is 8.61. The Morgan fingerprint density at radius 2 is 2.39 bits per heavy atom. The van der Waals surface area contributed by atoms with Crippen molar-refractivity contribution in [3.8, 4) is 0 Å². The Labute approximate surface area is 112 Å². The molecule has 1 aliphatic heterocycles. The molecule has 6 heteroatoms. The summed E-state index contributed by atoms with van der Waals surface area (Å²) in [5.41, 5.74) is 6.31. The minimum atomic E-state index is -0.0251. The van der Waals surface area contributed by atoms with Crippen molar-refractivity contribution >= 4 is 17.5 Å². The van der Waals surface area contributed by atoms with Crippen LogP contribution in [0.15, 0.2) is 18.3 Å². The zero-order chi connectivity index (χ0) is 13.1. The summed E-state index contributed by atoms with van der Waals surface area (Å²) < 4.78 is 0. The van der Waals surface area contributed by atoms with Gasteiger partial charge in [-0.05, 0) is 19.2 Å². The maximum atomic E-state index is 12.4. The van der Waals surface area contributed by atoms with Crippen LogP contribution in [0.3, 0.4) is 0 Å². The van der Waals surface area contributed by atoms with Gasteiger partial charge in [0.2, 0.25) is 0 Å². The van der Waals surface area contributed by atoms with Crippen LogP contribution in [-0.2, 0) is 0 Å². The van der Waals surface area contributed by atoms with Gasteiger partial charge in [0.25, 0.3) is 5.91 Å². The summed E-state index contributed by atoms with van der Waals surface area (Å²) in [6, 6.07) is 3.33. The Hall–Kier alpha value is -1.17. The molecule has 1 atom stereocenters. The largest absolute Gasteiger partial charge is 0.332 e. The molecule has 98 valence electrons. The first-order valence-electron chi connectivity index (χ1n) is 5.93. The summed E-state index contributed by atoms with van der Waals surface area (Å²) in [6.45, 7) is 2.83. The molecule has 2 N–H and O–H groups in total. The number of hydrogen-bond acceptors (Lipinski definition) is 4. The van der Waals surface area contributed by atoms with Crippen LogP contribution in [0.4, 0.5) is 0 Å². The van der Waals surface area contributed by atoms with E-state index in [2.05, 4.69) is 9.88 Å². The predicted octanol–water partition coefficient (Wildman–Crippen LogP) is 0.450. The first kappa shape index (κ1) is 13.3.